The molecular formula is C17H18BrFN4O. The van der Waals surface area contributed by atoms with Crippen LogP contribution in [0.15, 0.2) is 29.0 Å². The highest BCUT2D eigenvalue weighted by molar-refractivity contribution is 9.10. The molecule has 2 aromatic heterocycles. The van der Waals surface area contributed by atoms with Gasteiger partial charge in [0, 0.05) is 42.0 Å². The molecule has 3 fully saturated rings. The van der Waals surface area contributed by atoms with Crippen molar-refractivity contribution in [3.05, 3.63) is 29.0 Å². The van der Waals surface area contributed by atoms with Gasteiger partial charge in [-0.15, -0.1) is 0 Å². The van der Waals surface area contributed by atoms with Crippen molar-refractivity contribution in [2.45, 2.75) is 37.5 Å². The molecule has 2 saturated heterocycles. The number of fused-ring (bicyclic) bond motifs is 3. The van der Waals surface area contributed by atoms with Gasteiger partial charge in [-0.3, -0.25) is 4.79 Å². The van der Waals surface area contributed by atoms with E-state index in [4.69, 9.17) is 0 Å². The van der Waals surface area contributed by atoms with Gasteiger partial charge in [0.25, 0.3) is 0 Å². The average molecular weight is 393 g/mol. The smallest absolute Gasteiger partial charge is 0.229 e. The van der Waals surface area contributed by atoms with Crippen molar-refractivity contribution in [3.8, 4) is 0 Å². The molecule has 0 aromatic carbocycles. The number of piperazine rings is 1. The summed E-state index contributed by atoms with van der Waals surface area (Å²) in [6.07, 6.45) is 5.30. The number of halogens is 2. The van der Waals surface area contributed by atoms with Crippen molar-refractivity contribution in [1.29, 1.82) is 0 Å². The Balaban J connectivity index is 1.43. The Morgan fingerprint density at radius 2 is 2.00 bits per heavy atom. The molecule has 1 amide bonds. The predicted molar refractivity (Wildman–Crippen MR) is 91.8 cm³/mol. The van der Waals surface area contributed by atoms with Crippen LogP contribution in [0, 0.1) is 5.92 Å². The van der Waals surface area contributed by atoms with Crippen molar-refractivity contribution in [1.82, 2.24) is 14.5 Å². The molecule has 7 heteroatoms. The van der Waals surface area contributed by atoms with Gasteiger partial charge in [0.15, 0.2) is 0 Å². The molecule has 2 aromatic rings. The van der Waals surface area contributed by atoms with E-state index in [9.17, 15) is 9.18 Å². The third-order valence-electron chi connectivity index (χ3n) is 5.56. The van der Waals surface area contributed by atoms with Crippen molar-refractivity contribution >= 4 is 33.0 Å². The third kappa shape index (κ3) is 2.17. The Hall–Kier alpha value is -1.63. The van der Waals surface area contributed by atoms with E-state index in [0.717, 1.165) is 41.6 Å². The van der Waals surface area contributed by atoms with Gasteiger partial charge >= 0.3 is 0 Å². The molecule has 4 heterocycles. The van der Waals surface area contributed by atoms with Crippen LogP contribution in [-0.2, 0) is 4.79 Å². The molecule has 0 spiro atoms. The standard InChI is InChI=1S/C17H18BrFN4O/c18-10-5-16-15(3-4-20-22(16)7-10)21-8-11-1-2-12(9-21)23(11)17(24)13-6-14(13)19/h3-5,7,11-14H,1-2,6,8-9H2/t11?,12?,13-,14-/m1/s1. The lowest BCUT2D eigenvalue weighted by Crippen LogP contribution is -2.56. The molecule has 2 unspecified atom stereocenters. The Bertz CT molecular complexity index is 810. The lowest BCUT2D eigenvalue weighted by molar-refractivity contribution is -0.136. The first-order chi connectivity index (χ1) is 11.6. The highest BCUT2D eigenvalue weighted by Crippen LogP contribution is 2.41. The van der Waals surface area contributed by atoms with Gasteiger partial charge in [-0.25, -0.2) is 8.91 Å². The normalized spacial score (nSPS) is 31.8. The first kappa shape index (κ1) is 14.7. The van der Waals surface area contributed by atoms with E-state index in [0.29, 0.717) is 6.42 Å². The van der Waals surface area contributed by atoms with Crippen LogP contribution in [0.1, 0.15) is 19.3 Å². The molecule has 0 radical (unpaired) electrons. The van der Waals surface area contributed by atoms with Gasteiger partial charge in [0.1, 0.15) is 6.17 Å². The number of hydrogen-bond acceptors (Lipinski definition) is 3. The Kier molecular flexibility index (Phi) is 3.17. The third-order valence-corrected chi connectivity index (χ3v) is 5.99. The van der Waals surface area contributed by atoms with Gasteiger partial charge in [-0.1, -0.05) is 0 Å². The van der Waals surface area contributed by atoms with Gasteiger partial charge in [-0.05, 0) is 47.3 Å². The maximum absolute atomic E-state index is 13.3. The maximum Gasteiger partial charge on any atom is 0.229 e. The summed E-state index contributed by atoms with van der Waals surface area (Å²) >= 11 is 3.51. The zero-order valence-corrected chi connectivity index (χ0v) is 14.7. The van der Waals surface area contributed by atoms with Crippen LogP contribution in [0.5, 0.6) is 0 Å². The lowest BCUT2D eigenvalue weighted by Gasteiger charge is -2.42. The predicted octanol–water partition coefficient (Wildman–Crippen LogP) is 2.63. The summed E-state index contributed by atoms with van der Waals surface area (Å²) < 4.78 is 16.2. The minimum Gasteiger partial charge on any atom is -0.366 e. The van der Waals surface area contributed by atoms with Crippen LogP contribution < -0.4 is 4.90 Å². The molecule has 24 heavy (non-hydrogen) atoms. The quantitative estimate of drug-likeness (QED) is 0.788. The summed E-state index contributed by atoms with van der Waals surface area (Å²) in [4.78, 5) is 16.9. The van der Waals surface area contributed by atoms with E-state index in [2.05, 4.69) is 32.0 Å². The minimum absolute atomic E-state index is 0.0416. The van der Waals surface area contributed by atoms with Gasteiger partial charge < -0.3 is 9.80 Å². The fraction of sp³-hybridized carbons (Fsp3) is 0.529. The number of amides is 1. The second kappa shape index (κ2) is 5.18. The van der Waals surface area contributed by atoms with Crippen LogP contribution in [0.3, 0.4) is 0 Å². The number of alkyl halides is 1. The van der Waals surface area contributed by atoms with Crippen LogP contribution in [-0.4, -0.2) is 51.8 Å². The summed E-state index contributed by atoms with van der Waals surface area (Å²) in [6, 6.07) is 4.52. The fourth-order valence-corrected chi connectivity index (χ4v) is 4.72. The Labute approximate surface area is 147 Å². The Morgan fingerprint density at radius 3 is 2.67 bits per heavy atom. The average Bonchev–Trinajstić information content (AvgIpc) is 3.07. The van der Waals surface area contributed by atoms with E-state index in [-0.39, 0.29) is 23.9 Å². The summed E-state index contributed by atoms with van der Waals surface area (Å²) in [6.45, 7) is 1.63. The summed E-state index contributed by atoms with van der Waals surface area (Å²) in [5.74, 6) is -0.325. The largest absolute Gasteiger partial charge is 0.366 e. The van der Waals surface area contributed by atoms with E-state index in [1.807, 2.05) is 27.9 Å². The second-order valence-electron chi connectivity index (χ2n) is 7.10. The van der Waals surface area contributed by atoms with E-state index in [1.165, 1.54) is 0 Å². The zero-order valence-electron chi connectivity index (χ0n) is 13.1. The highest BCUT2D eigenvalue weighted by atomic mass is 79.9. The summed E-state index contributed by atoms with van der Waals surface area (Å²) in [7, 11) is 0. The number of carbonyl (C=O) groups is 1. The molecular weight excluding hydrogens is 375 g/mol. The lowest BCUT2D eigenvalue weighted by atomic mass is 10.1. The summed E-state index contributed by atoms with van der Waals surface area (Å²) in [5, 5.41) is 4.35. The van der Waals surface area contributed by atoms with Crippen molar-refractivity contribution < 1.29 is 9.18 Å². The molecule has 4 atom stereocenters. The molecule has 2 aliphatic heterocycles. The molecule has 5 nitrogen and oxygen atoms in total. The van der Waals surface area contributed by atoms with Gasteiger partial charge in [-0.2, -0.15) is 5.10 Å². The van der Waals surface area contributed by atoms with Crippen molar-refractivity contribution in [2.75, 3.05) is 18.0 Å². The maximum atomic E-state index is 13.3. The van der Waals surface area contributed by atoms with Crippen LogP contribution in [0.2, 0.25) is 0 Å². The molecule has 1 aliphatic carbocycles. The van der Waals surface area contributed by atoms with E-state index >= 15 is 0 Å². The first-order valence-corrected chi connectivity index (χ1v) is 9.25. The first-order valence-electron chi connectivity index (χ1n) is 8.46. The number of carbonyl (C=O) groups excluding carboxylic acids is 1. The SMILES string of the molecule is O=C([C@@H]1C[C@H]1F)N1C2CCC1CN(c1ccnn3cc(Br)cc13)C2. The molecule has 5 rings (SSSR count). The van der Waals surface area contributed by atoms with E-state index < -0.39 is 6.17 Å². The number of nitrogens with zero attached hydrogens (tertiary/aromatic N) is 4. The van der Waals surface area contributed by atoms with E-state index in [1.54, 1.807) is 0 Å². The number of aromatic nitrogens is 2. The van der Waals surface area contributed by atoms with Crippen molar-refractivity contribution in [2.24, 2.45) is 5.92 Å². The highest BCUT2D eigenvalue weighted by Gasteiger charge is 2.51. The van der Waals surface area contributed by atoms with Crippen LogP contribution in [0.25, 0.3) is 5.52 Å². The van der Waals surface area contributed by atoms with Crippen LogP contribution >= 0.6 is 15.9 Å². The number of hydrogen-bond donors (Lipinski definition) is 0. The van der Waals surface area contributed by atoms with Gasteiger partial charge in [0.2, 0.25) is 5.91 Å². The number of rotatable bonds is 2. The molecule has 1 saturated carbocycles. The summed E-state index contributed by atoms with van der Waals surface area (Å²) in [5.41, 5.74) is 2.21. The van der Waals surface area contributed by atoms with Crippen molar-refractivity contribution in [3.63, 3.8) is 0 Å². The molecule has 3 aliphatic rings. The van der Waals surface area contributed by atoms with Gasteiger partial charge in [0.05, 0.1) is 17.1 Å². The van der Waals surface area contributed by atoms with Crippen LogP contribution in [0.4, 0.5) is 10.1 Å². The zero-order chi connectivity index (χ0) is 16.4. The topological polar surface area (TPSA) is 40.9 Å². The molecule has 0 N–H and O–H groups in total. The fourth-order valence-electron chi connectivity index (χ4n) is 4.31. The minimum atomic E-state index is -0.909. The molecule has 2 bridgehead atoms. The number of anilines is 1. The molecule has 126 valence electrons. The Morgan fingerprint density at radius 1 is 1.29 bits per heavy atom. The monoisotopic (exact) mass is 392 g/mol. The second-order valence-corrected chi connectivity index (χ2v) is 8.01.